The van der Waals surface area contributed by atoms with Crippen molar-refractivity contribution in [3.05, 3.63) is 72.3 Å². The van der Waals surface area contributed by atoms with Gasteiger partial charge in [-0.3, -0.25) is 0 Å². The topological polar surface area (TPSA) is 76.1 Å². The lowest BCUT2D eigenvalue weighted by Gasteiger charge is -2.15. The minimum absolute atomic E-state index is 0.290. The van der Waals surface area contributed by atoms with Gasteiger partial charge in [0.15, 0.2) is 0 Å². The molecule has 0 saturated heterocycles. The van der Waals surface area contributed by atoms with E-state index in [2.05, 4.69) is 10.6 Å². The molecule has 4 nitrogen and oxygen atoms in total. The zero-order valence-corrected chi connectivity index (χ0v) is 12.7. The summed E-state index contributed by atoms with van der Waals surface area (Å²) in [5.41, 5.74) is 14.2. The van der Waals surface area contributed by atoms with Crippen LogP contribution in [0, 0.1) is 11.6 Å². The van der Waals surface area contributed by atoms with Crippen molar-refractivity contribution in [2.24, 2.45) is 0 Å². The normalized spacial score (nSPS) is 10.4. The smallest absolute Gasteiger partial charge is 0.146 e. The van der Waals surface area contributed by atoms with E-state index in [1.165, 1.54) is 12.1 Å². The van der Waals surface area contributed by atoms with Crippen molar-refractivity contribution in [1.82, 2.24) is 0 Å². The van der Waals surface area contributed by atoms with E-state index in [0.29, 0.717) is 34.1 Å². The average Bonchev–Trinajstić information content (AvgIpc) is 2.56. The van der Waals surface area contributed by atoms with Gasteiger partial charge in [-0.15, -0.1) is 0 Å². The van der Waals surface area contributed by atoms with Crippen LogP contribution in [0.15, 0.2) is 60.7 Å². The molecular formula is C18H16F2N4. The number of halogens is 2. The Morgan fingerprint density at radius 2 is 0.958 bits per heavy atom. The third-order valence-electron chi connectivity index (χ3n) is 3.51. The van der Waals surface area contributed by atoms with Gasteiger partial charge in [0.1, 0.15) is 11.6 Å². The largest absolute Gasteiger partial charge is 0.397 e. The molecular weight excluding hydrogens is 310 g/mol. The highest BCUT2D eigenvalue weighted by Crippen LogP contribution is 2.34. The third-order valence-corrected chi connectivity index (χ3v) is 3.51. The molecule has 0 heterocycles. The maximum absolute atomic E-state index is 13.7. The second-order valence-electron chi connectivity index (χ2n) is 5.24. The maximum atomic E-state index is 13.7. The molecule has 0 unspecified atom stereocenters. The van der Waals surface area contributed by atoms with Gasteiger partial charge in [-0.1, -0.05) is 24.3 Å². The lowest BCUT2D eigenvalue weighted by Crippen LogP contribution is -2.03. The van der Waals surface area contributed by atoms with Crippen molar-refractivity contribution in [1.29, 1.82) is 0 Å². The second kappa shape index (κ2) is 6.45. The first-order valence-corrected chi connectivity index (χ1v) is 7.26. The lowest BCUT2D eigenvalue weighted by molar-refractivity contribution is 0.631. The number of hydrogen-bond acceptors (Lipinski definition) is 4. The molecule has 3 rings (SSSR count). The Hall–Kier alpha value is -3.28. The number of hydrogen-bond donors (Lipinski definition) is 4. The molecule has 0 amide bonds. The van der Waals surface area contributed by atoms with Crippen LogP contribution in [0.2, 0.25) is 0 Å². The SMILES string of the molecule is Nc1cc(Nc2ccccc2F)c(N)cc1Nc1ccccc1F. The lowest BCUT2D eigenvalue weighted by atomic mass is 10.2. The number of rotatable bonds is 4. The molecule has 6 heteroatoms. The molecule has 3 aromatic rings. The number of anilines is 6. The minimum atomic E-state index is -0.399. The summed E-state index contributed by atoms with van der Waals surface area (Å²) in [5, 5.41) is 5.80. The molecule has 0 aliphatic heterocycles. The van der Waals surface area contributed by atoms with E-state index in [1.807, 2.05) is 0 Å². The fraction of sp³-hybridized carbons (Fsp3) is 0. The fourth-order valence-corrected chi connectivity index (χ4v) is 2.27. The van der Waals surface area contributed by atoms with Crippen LogP contribution in [-0.2, 0) is 0 Å². The summed E-state index contributed by atoms with van der Waals surface area (Å²) in [5.74, 6) is -0.798. The van der Waals surface area contributed by atoms with Crippen molar-refractivity contribution >= 4 is 34.1 Å². The van der Waals surface area contributed by atoms with E-state index in [1.54, 1.807) is 48.5 Å². The van der Waals surface area contributed by atoms with Crippen molar-refractivity contribution in [2.75, 3.05) is 22.1 Å². The van der Waals surface area contributed by atoms with Gasteiger partial charge in [0.25, 0.3) is 0 Å². The van der Waals surface area contributed by atoms with E-state index < -0.39 is 11.6 Å². The number of benzene rings is 3. The summed E-state index contributed by atoms with van der Waals surface area (Å²) in [4.78, 5) is 0. The molecule has 24 heavy (non-hydrogen) atoms. The standard InChI is InChI=1S/C18H16F2N4/c19-11-5-1-3-7-15(11)23-17-9-14(22)18(10-13(17)21)24-16-8-4-2-6-12(16)20/h1-10,23-24H,21-22H2. The molecule has 122 valence electrons. The molecule has 0 radical (unpaired) electrons. The predicted octanol–water partition coefficient (Wildman–Crippen LogP) is 4.62. The zero-order valence-electron chi connectivity index (χ0n) is 12.7. The van der Waals surface area contributed by atoms with Gasteiger partial charge in [-0.2, -0.15) is 0 Å². The number of nitrogens with two attached hydrogens (primary N) is 2. The van der Waals surface area contributed by atoms with Gasteiger partial charge in [0.2, 0.25) is 0 Å². The molecule has 0 bridgehead atoms. The summed E-state index contributed by atoms with van der Waals surface area (Å²) in [6, 6.07) is 15.6. The van der Waals surface area contributed by atoms with Crippen LogP contribution in [-0.4, -0.2) is 0 Å². The summed E-state index contributed by atoms with van der Waals surface area (Å²) in [7, 11) is 0. The highest BCUT2D eigenvalue weighted by Gasteiger charge is 2.10. The molecule has 0 spiro atoms. The average molecular weight is 326 g/mol. The van der Waals surface area contributed by atoms with Gasteiger partial charge >= 0.3 is 0 Å². The molecule has 0 aromatic heterocycles. The molecule has 0 aliphatic carbocycles. The summed E-state index contributed by atoms with van der Waals surface area (Å²) in [6.45, 7) is 0. The van der Waals surface area contributed by atoms with E-state index >= 15 is 0 Å². The van der Waals surface area contributed by atoms with Crippen LogP contribution in [0.4, 0.5) is 42.9 Å². The molecule has 6 N–H and O–H groups in total. The number of nitrogens with one attached hydrogen (secondary N) is 2. The van der Waals surface area contributed by atoms with Gasteiger partial charge < -0.3 is 22.1 Å². The van der Waals surface area contributed by atoms with Crippen molar-refractivity contribution < 1.29 is 8.78 Å². The number of para-hydroxylation sites is 2. The second-order valence-corrected chi connectivity index (χ2v) is 5.24. The first-order valence-electron chi connectivity index (χ1n) is 7.26. The molecule has 0 saturated carbocycles. The third kappa shape index (κ3) is 3.22. The van der Waals surface area contributed by atoms with Crippen LogP contribution in [0.5, 0.6) is 0 Å². The maximum Gasteiger partial charge on any atom is 0.146 e. The fourth-order valence-electron chi connectivity index (χ4n) is 2.27. The van der Waals surface area contributed by atoms with E-state index in [-0.39, 0.29) is 0 Å². The monoisotopic (exact) mass is 326 g/mol. The van der Waals surface area contributed by atoms with E-state index in [0.717, 1.165) is 0 Å². The molecule has 3 aromatic carbocycles. The zero-order chi connectivity index (χ0) is 17.1. The first-order chi connectivity index (χ1) is 11.5. The summed E-state index contributed by atoms with van der Waals surface area (Å²) >= 11 is 0. The van der Waals surface area contributed by atoms with Gasteiger partial charge in [0, 0.05) is 0 Å². The van der Waals surface area contributed by atoms with Gasteiger partial charge in [0.05, 0.1) is 34.1 Å². The van der Waals surface area contributed by atoms with E-state index in [4.69, 9.17) is 11.5 Å². The Morgan fingerprint density at radius 1 is 0.583 bits per heavy atom. The summed E-state index contributed by atoms with van der Waals surface area (Å²) in [6.07, 6.45) is 0. The van der Waals surface area contributed by atoms with Crippen molar-refractivity contribution in [2.45, 2.75) is 0 Å². The van der Waals surface area contributed by atoms with Crippen LogP contribution < -0.4 is 22.1 Å². The first kappa shape index (κ1) is 15.6. The van der Waals surface area contributed by atoms with Gasteiger partial charge in [-0.05, 0) is 36.4 Å². The quantitative estimate of drug-likeness (QED) is 0.528. The number of nitrogen functional groups attached to an aromatic ring is 2. The minimum Gasteiger partial charge on any atom is -0.397 e. The highest BCUT2D eigenvalue weighted by atomic mass is 19.1. The molecule has 0 fully saturated rings. The molecule has 0 atom stereocenters. The molecule has 0 aliphatic rings. The van der Waals surface area contributed by atoms with Crippen LogP contribution >= 0.6 is 0 Å². The van der Waals surface area contributed by atoms with Gasteiger partial charge in [-0.25, -0.2) is 8.78 Å². The highest BCUT2D eigenvalue weighted by molar-refractivity contribution is 5.85. The Morgan fingerprint density at radius 3 is 1.33 bits per heavy atom. The Kier molecular flexibility index (Phi) is 4.20. The van der Waals surface area contributed by atoms with Crippen molar-refractivity contribution in [3.63, 3.8) is 0 Å². The Bertz CT molecular complexity index is 807. The Labute approximate surface area is 138 Å². The predicted molar refractivity (Wildman–Crippen MR) is 94.6 cm³/mol. The van der Waals surface area contributed by atoms with E-state index in [9.17, 15) is 8.78 Å². The van der Waals surface area contributed by atoms with Crippen LogP contribution in [0.1, 0.15) is 0 Å². The van der Waals surface area contributed by atoms with Crippen LogP contribution in [0.25, 0.3) is 0 Å². The summed E-state index contributed by atoms with van der Waals surface area (Å²) < 4.78 is 27.5. The van der Waals surface area contributed by atoms with Crippen molar-refractivity contribution in [3.8, 4) is 0 Å². The van der Waals surface area contributed by atoms with Crippen LogP contribution in [0.3, 0.4) is 0 Å². The Balaban J connectivity index is 1.89.